The number of fused-ring (bicyclic) bond motifs is 1. The molecule has 0 saturated carbocycles. The summed E-state index contributed by atoms with van der Waals surface area (Å²) in [6.07, 6.45) is 0. The number of hydrogen-bond acceptors (Lipinski definition) is 6. The molecule has 1 heterocycles. The zero-order valence-electron chi connectivity index (χ0n) is 18.2. The molecular formula is C24H23N5O3S. The molecule has 168 valence electrons. The van der Waals surface area contributed by atoms with Crippen LogP contribution in [-0.2, 0) is 16.1 Å². The molecule has 0 saturated heterocycles. The standard InChI is InChI=1S/C24H23N5O3S/c1-13(22(26)33-15(3)25)27-23(31)14(2)29-12-21-19(6-5-7-20(21)24(29)32)17-8-10-18(11-9-17)28-16(4)30/h5-11,25-26H,1-2,12H2,3-4H3,(H,27,31)(H,28,30). The van der Waals surface area contributed by atoms with Gasteiger partial charge in [0.05, 0.1) is 17.3 Å². The number of rotatable bonds is 6. The van der Waals surface area contributed by atoms with Crippen molar-refractivity contribution < 1.29 is 14.4 Å². The first-order valence-corrected chi connectivity index (χ1v) is 10.7. The Hall–Kier alpha value is -3.98. The zero-order valence-corrected chi connectivity index (χ0v) is 19.1. The van der Waals surface area contributed by atoms with Gasteiger partial charge >= 0.3 is 0 Å². The van der Waals surface area contributed by atoms with E-state index in [2.05, 4.69) is 23.8 Å². The molecule has 0 bridgehead atoms. The maximum atomic E-state index is 13.0. The average Bonchev–Trinajstić information content (AvgIpc) is 3.09. The number of thioether (sulfide) groups is 1. The lowest BCUT2D eigenvalue weighted by Crippen LogP contribution is -2.35. The van der Waals surface area contributed by atoms with Crippen LogP contribution in [0.5, 0.6) is 0 Å². The number of nitrogens with one attached hydrogen (secondary N) is 4. The molecule has 1 aliphatic heterocycles. The molecule has 33 heavy (non-hydrogen) atoms. The summed E-state index contributed by atoms with van der Waals surface area (Å²) in [5, 5.41) is 20.6. The molecule has 9 heteroatoms. The van der Waals surface area contributed by atoms with Gasteiger partial charge in [-0.2, -0.15) is 0 Å². The topological polar surface area (TPSA) is 126 Å². The molecule has 0 radical (unpaired) electrons. The lowest BCUT2D eigenvalue weighted by Gasteiger charge is -2.19. The van der Waals surface area contributed by atoms with Gasteiger partial charge in [0.25, 0.3) is 11.8 Å². The fourth-order valence-corrected chi connectivity index (χ4v) is 3.84. The molecule has 2 aromatic rings. The predicted molar refractivity (Wildman–Crippen MR) is 131 cm³/mol. The molecule has 0 aliphatic carbocycles. The lowest BCUT2D eigenvalue weighted by molar-refractivity contribution is -0.118. The second-order valence-electron chi connectivity index (χ2n) is 7.35. The van der Waals surface area contributed by atoms with Crippen molar-refractivity contribution in [3.63, 3.8) is 0 Å². The maximum absolute atomic E-state index is 13.0. The van der Waals surface area contributed by atoms with Crippen LogP contribution in [0.1, 0.15) is 29.8 Å². The molecule has 0 aromatic heterocycles. The van der Waals surface area contributed by atoms with Crippen LogP contribution in [0.25, 0.3) is 11.1 Å². The van der Waals surface area contributed by atoms with Gasteiger partial charge in [0.15, 0.2) is 0 Å². The maximum Gasteiger partial charge on any atom is 0.271 e. The Labute approximate surface area is 195 Å². The molecule has 0 unspecified atom stereocenters. The van der Waals surface area contributed by atoms with Crippen LogP contribution >= 0.6 is 11.8 Å². The van der Waals surface area contributed by atoms with Crippen LogP contribution in [0.15, 0.2) is 67.0 Å². The monoisotopic (exact) mass is 461 g/mol. The minimum Gasteiger partial charge on any atom is -0.326 e. The number of nitrogens with zero attached hydrogens (tertiary/aromatic N) is 1. The zero-order chi connectivity index (χ0) is 24.3. The van der Waals surface area contributed by atoms with Gasteiger partial charge < -0.3 is 10.6 Å². The van der Waals surface area contributed by atoms with Crippen molar-refractivity contribution in [1.29, 1.82) is 10.8 Å². The van der Waals surface area contributed by atoms with Crippen molar-refractivity contribution in [1.82, 2.24) is 10.2 Å². The second-order valence-corrected chi connectivity index (χ2v) is 8.57. The molecule has 0 spiro atoms. The summed E-state index contributed by atoms with van der Waals surface area (Å²) in [6.45, 7) is 10.6. The Balaban J connectivity index is 1.79. The van der Waals surface area contributed by atoms with Crippen molar-refractivity contribution in [3.05, 3.63) is 78.1 Å². The highest BCUT2D eigenvalue weighted by Gasteiger charge is 2.33. The minimum atomic E-state index is -0.643. The Bertz CT molecular complexity index is 1220. The van der Waals surface area contributed by atoms with E-state index in [1.807, 2.05) is 18.2 Å². The normalized spacial score (nSPS) is 12.1. The van der Waals surface area contributed by atoms with E-state index in [1.165, 1.54) is 18.7 Å². The first kappa shape index (κ1) is 23.7. The van der Waals surface area contributed by atoms with E-state index in [0.29, 0.717) is 11.3 Å². The summed E-state index contributed by atoms with van der Waals surface area (Å²) in [5.41, 5.74) is 3.60. The Morgan fingerprint density at radius 2 is 1.67 bits per heavy atom. The molecule has 1 aliphatic rings. The van der Waals surface area contributed by atoms with Gasteiger partial charge in [0, 0.05) is 18.2 Å². The molecule has 0 fully saturated rings. The fraction of sp³-hybridized carbons (Fsp3) is 0.125. The first-order chi connectivity index (χ1) is 15.6. The van der Waals surface area contributed by atoms with Gasteiger partial charge in [0.2, 0.25) is 5.91 Å². The molecule has 8 nitrogen and oxygen atoms in total. The Morgan fingerprint density at radius 1 is 1.03 bits per heavy atom. The highest BCUT2D eigenvalue weighted by molar-refractivity contribution is 8.26. The summed E-state index contributed by atoms with van der Waals surface area (Å²) in [6, 6.07) is 12.7. The highest BCUT2D eigenvalue weighted by Crippen LogP contribution is 2.34. The van der Waals surface area contributed by atoms with Crippen LogP contribution in [0, 0.1) is 10.8 Å². The summed E-state index contributed by atoms with van der Waals surface area (Å²) in [4.78, 5) is 38.2. The van der Waals surface area contributed by atoms with E-state index in [1.54, 1.807) is 24.3 Å². The van der Waals surface area contributed by atoms with Crippen LogP contribution in [0.3, 0.4) is 0 Å². The van der Waals surface area contributed by atoms with Crippen molar-refractivity contribution >= 4 is 45.3 Å². The molecule has 4 N–H and O–H groups in total. The average molecular weight is 462 g/mol. The minimum absolute atomic E-state index is 0.0295. The molecule has 2 aromatic carbocycles. The number of carbonyl (C=O) groups is 3. The summed E-state index contributed by atoms with van der Waals surface area (Å²) >= 11 is 0.862. The number of hydrogen-bond donors (Lipinski definition) is 4. The first-order valence-electron chi connectivity index (χ1n) is 9.91. The molecule has 0 atom stereocenters. The van der Waals surface area contributed by atoms with Crippen molar-refractivity contribution in [2.45, 2.75) is 20.4 Å². The number of amides is 3. The van der Waals surface area contributed by atoms with Crippen molar-refractivity contribution in [2.24, 2.45) is 0 Å². The second kappa shape index (κ2) is 9.66. The molecular weight excluding hydrogens is 438 g/mol. The fourth-order valence-electron chi connectivity index (χ4n) is 3.36. The third-order valence-corrected chi connectivity index (χ3v) is 5.62. The Morgan fingerprint density at radius 3 is 2.27 bits per heavy atom. The summed E-state index contributed by atoms with van der Waals surface area (Å²) in [7, 11) is 0. The third kappa shape index (κ3) is 5.27. The van der Waals surface area contributed by atoms with E-state index in [4.69, 9.17) is 10.8 Å². The van der Waals surface area contributed by atoms with Crippen LogP contribution < -0.4 is 10.6 Å². The largest absolute Gasteiger partial charge is 0.326 e. The Kier molecular flexibility index (Phi) is 6.93. The SMILES string of the molecule is C=C(NC(=O)C(=C)N1Cc2c(cccc2-c2ccc(NC(C)=O)cc2)C1=O)C(=N)SC(C)=N. The van der Waals surface area contributed by atoms with Gasteiger partial charge in [-0.05, 0) is 41.8 Å². The molecule has 3 amide bonds. The molecule has 3 rings (SSSR count). The number of anilines is 1. The predicted octanol–water partition coefficient (Wildman–Crippen LogP) is 4.12. The highest BCUT2D eigenvalue weighted by atomic mass is 32.2. The van der Waals surface area contributed by atoms with E-state index < -0.39 is 5.91 Å². The van der Waals surface area contributed by atoms with Crippen molar-refractivity contribution in [2.75, 3.05) is 5.32 Å². The summed E-state index contributed by atoms with van der Waals surface area (Å²) < 4.78 is 0. The smallest absolute Gasteiger partial charge is 0.271 e. The lowest BCUT2D eigenvalue weighted by atomic mass is 9.97. The van der Waals surface area contributed by atoms with Crippen LogP contribution in [0.2, 0.25) is 0 Å². The summed E-state index contributed by atoms with van der Waals surface area (Å²) in [5.74, 6) is -1.15. The van der Waals surface area contributed by atoms with E-state index in [-0.39, 0.29) is 39.8 Å². The van der Waals surface area contributed by atoms with E-state index in [9.17, 15) is 14.4 Å². The van der Waals surface area contributed by atoms with E-state index in [0.717, 1.165) is 28.5 Å². The number of carbonyl (C=O) groups excluding carboxylic acids is 3. The van der Waals surface area contributed by atoms with Crippen LogP contribution in [0.4, 0.5) is 5.69 Å². The quantitative estimate of drug-likeness (QED) is 0.293. The van der Waals surface area contributed by atoms with Gasteiger partial charge in [-0.15, -0.1) is 0 Å². The van der Waals surface area contributed by atoms with Gasteiger partial charge in [-0.3, -0.25) is 30.1 Å². The van der Waals surface area contributed by atoms with E-state index >= 15 is 0 Å². The van der Waals surface area contributed by atoms with Gasteiger partial charge in [-0.1, -0.05) is 49.2 Å². The van der Waals surface area contributed by atoms with Gasteiger partial charge in [0.1, 0.15) is 10.7 Å². The van der Waals surface area contributed by atoms with Crippen LogP contribution in [-0.4, -0.2) is 32.7 Å². The van der Waals surface area contributed by atoms with Gasteiger partial charge in [-0.25, -0.2) is 0 Å². The number of benzene rings is 2. The third-order valence-electron chi connectivity index (χ3n) is 4.87. The van der Waals surface area contributed by atoms with Crippen molar-refractivity contribution in [3.8, 4) is 11.1 Å².